The Morgan fingerprint density at radius 3 is 2.55 bits per heavy atom. The number of aromatic nitrogens is 1. The molecule has 168 valence electrons. The number of nitrogen functional groups attached to an aromatic ring is 1. The predicted molar refractivity (Wildman–Crippen MR) is 122 cm³/mol. The Morgan fingerprint density at radius 2 is 1.87 bits per heavy atom. The predicted octanol–water partition coefficient (Wildman–Crippen LogP) is 4.34. The van der Waals surface area contributed by atoms with Gasteiger partial charge in [-0.25, -0.2) is 18.2 Å². The summed E-state index contributed by atoms with van der Waals surface area (Å²) in [6, 6.07) is 8.22. The molecule has 1 aliphatic rings. The smallest absolute Gasteiger partial charge is 0.339 e. The van der Waals surface area contributed by atoms with Crippen LogP contribution in [-0.2, 0) is 14.8 Å². The van der Waals surface area contributed by atoms with Crippen LogP contribution in [0.1, 0.15) is 55.8 Å². The lowest BCUT2D eigenvalue weighted by atomic mass is 10.2. The van der Waals surface area contributed by atoms with Gasteiger partial charge in [0, 0.05) is 29.1 Å². The van der Waals surface area contributed by atoms with Gasteiger partial charge in [0.2, 0.25) is 10.0 Å². The number of nitrogens with zero attached hydrogens (tertiary/aromatic N) is 2. The number of rotatable bonds is 9. The Kier molecular flexibility index (Phi) is 8.34. The van der Waals surface area contributed by atoms with Gasteiger partial charge < -0.3 is 10.5 Å². The second-order valence-electron chi connectivity index (χ2n) is 7.49. The van der Waals surface area contributed by atoms with Gasteiger partial charge in [-0.3, -0.25) is 0 Å². The lowest BCUT2D eigenvalue weighted by Gasteiger charge is -2.25. The van der Waals surface area contributed by atoms with E-state index in [4.69, 9.17) is 10.5 Å². The van der Waals surface area contributed by atoms with Crippen LogP contribution in [0.2, 0.25) is 0 Å². The van der Waals surface area contributed by atoms with Gasteiger partial charge in [-0.15, -0.1) is 0 Å². The first-order valence-corrected chi connectivity index (χ1v) is 12.9. The molecule has 0 saturated carbocycles. The number of ether oxygens (including phenoxy) is 1. The van der Waals surface area contributed by atoms with E-state index in [9.17, 15) is 13.2 Å². The molecule has 2 N–H and O–H groups in total. The van der Waals surface area contributed by atoms with E-state index in [-0.39, 0.29) is 10.7 Å². The minimum absolute atomic E-state index is 0.243. The van der Waals surface area contributed by atoms with Crippen LogP contribution >= 0.6 is 11.8 Å². The number of benzene rings is 1. The highest BCUT2D eigenvalue weighted by Gasteiger charge is 2.25. The molecule has 1 fully saturated rings. The summed E-state index contributed by atoms with van der Waals surface area (Å²) in [6.45, 7) is 3.59. The molecule has 0 bridgehead atoms. The number of hydrogen-bond donors (Lipinski definition) is 1. The zero-order valence-electron chi connectivity index (χ0n) is 17.7. The van der Waals surface area contributed by atoms with E-state index in [0.29, 0.717) is 30.2 Å². The minimum Gasteiger partial charge on any atom is -0.462 e. The highest BCUT2D eigenvalue weighted by atomic mass is 32.2. The molecule has 1 aromatic heterocycles. The van der Waals surface area contributed by atoms with E-state index >= 15 is 0 Å². The van der Waals surface area contributed by atoms with Crippen LogP contribution < -0.4 is 5.73 Å². The van der Waals surface area contributed by atoms with E-state index in [1.54, 1.807) is 34.8 Å². The Hall–Kier alpha value is -2.10. The first kappa shape index (κ1) is 23.6. The largest absolute Gasteiger partial charge is 0.462 e. The van der Waals surface area contributed by atoms with Gasteiger partial charge in [0.15, 0.2) is 0 Å². The minimum atomic E-state index is -3.47. The number of unbranched alkanes of at least 4 members (excludes halogenated alkanes) is 2. The summed E-state index contributed by atoms with van der Waals surface area (Å²) in [5.74, 6) is -0.190. The number of hydrogen-bond acceptors (Lipinski definition) is 7. The topological polar surface area (TPSA) is 103 Å². The van der Waals surface area contributed by atoms with Gasteiger partial charge in [0.05, 0.1) is 17.1 Å². The van der Waals surface area contributed by atoms with Crippen molar-refractivity contribution in [1.29, 1.82) is 0 Å². The van der Waals surface area contributed by atoms with Crippen LogP contribution in [0, 0.1) is 0 Å². The lowest BCUT2D eigenvalue weighted by Crippen LogP contribution is -2.35. The molecule has 3 rings (SSSR count). The fourth-order valence-electron chi connectivity index (χ4n) is 3.36. The van der Waals surface area contributed by atoms with Gasteiger partial charge in [-0.2, -0.15) is 4.31 Å². The molecular weight excluding hydrogens is 434 g/mol. The van der Waals surface area contributed by atoms with Crippen molar-refractivity contribution >= 4 is 33.6 Å². The maximum Gasteiger partial charge on any atom is 0.339 e. The van der Waals surface area contributed by atoms with E-state index in [1.165, 1.54) is 17.8 Å². The van der Waals surface area contributed by atoms with Crippen molar-refractivity contribution < 1.29 is 17.9 Å². The summed E-state index contributed by atoms with van der Waals surface area (Å²) in [4.78, 5) is 18.3. The number of anilines is 1. The SMILES string of the molecule is CCCCCOC(=O)c1cc(N)ncc1Sc1ccc(S(=O)(=O)N2CCCCC2)cc1. The molecule has 0 aliphatic carbocycles. The average molecular weight is 464 g/mol. The summed E-state index contributed by atoms with van der Waals surface area (Å²) in [5, 5.41) is 0. The van der Waals surface area contributed by atoms with Crippen molar-refractivity contribution in [2.24, 2.45) is 0 Å². The van der Waals surface area contributed by atoms with Crippen molar-refractivity contribution in [3.63, 3.8) is 0 Å². The third-order valence-corrected chi connectivity index (χ3v) is 8.06. The first-order chi connectivity index (χ1) is 14.9. The molecule has 0 atom stereocenters. The van der Waals surface area contributed by atoms with E-state index in [1.807, 2.05) is 0 Å². The Morgan fingerprint density at radius 1 is 1.16 bits per heavy atom. The number of piperidine rings is 1. The molecule has 0 radical (unpaired) electrons. The molecule has 1 aromatic carbocycles. The summed E-state index contributed by atoms with van der Waals surface area (Å²) in [7, 11) is -3.47. The molecule has 31 heavy (non-hydrogen) atoms. The summed E-state index contributed by atoms with van der Waals surface area (Å²) in [6.07, 6.45) is 7.27. The van der Waals surface area contributed by atoms with Crippen molar-refractivity contribution in [3.8, 4) is 0 Å². The standard InChI is InChI=1S/C22H29N3O4S2/c1-2-3-7-14-29-22(26)19-15-21(23)24-16-20(19)30-17-8-10-18(11-9-17)31(27,28)25-12-5-4-6-13-25/h8-11,15-16H,2-7,12-14H2,1H3,(H2,23,24). The van der Waals surface area contributed by atoms with Crippen LogP contribution in [-0.4, -0.2) is 43.4 Å². The van der Waals surface area contributed by atoms with E-state index in [0.717, 1.165) is 43.4 Å². The number of pyridine rings is 1. The summed E-state index contributed by atoms with van der Waals surface area (Å²) in [5.41, 5.74) is 6.13. The number of sulfonamides is 1. The highest BCUT2D eigenvalue weighted by Crippen LogP contribution is 2.32. The zero-order chi connectivity index (χ0) is 22.3. The molecule has 0 unspecified atom stereocenters. The summed E-state index contributed by atoms with van der Waals surface area (Å²) >= 11 is 1.32. The number of carbonyl (C=O) groups excluding carboxylic acids is 1. The van der Waals surface area contributed by atoms with Crippen molar-refractivity contribution in [2.75, 3.05) is 25.4 Å². The lowest BCUT2D eigenvalue weighted by molar-refractivity contribution is 0.0494. The van der Waals surface area contributed by atoms with Crippen LogP contribution in [0.3, 0.4) is 0 Å². The zero-order valence-corrected chi connectivity index (χ0v) is 19.4. The van der Waals surface area contributed by atoms with Crippen molar-refractivity contribution in [2.45, 2.75) is 60.1 Å². The highest BCUT2D eigenvalue weighted by molar-refractivity contribution is 7.99. The molecule has 7 nitrogen and oxygen atoms in total. The third kappa shape index (κ3) is 6.21. The average Bonchev–Trinajstić information content (AvgIpc) is 2.79. The maximum absolute atomic E-state index is 12.8. The van der Waals surface area contributed by atoms with E-state index < -0.39 is 16.0 Å². The summed E-state index contributed by atoms with van der Waals surface area (Å²) < 4.78 is 32.6. The molecule has 1 saturated heterocycles. The quantitative estimate of drug-likeness (QED) is 0.436. The second kappa shape index (κ2) is 11.0. The molecular formula is C22H29N3O4S2. The molecule has 0 amide bonds. The van der Waals surface area contributed by atoms with E-state index in [2.05, 4.69) is 11.9 Å². The molecule has 1 aliphatic heterocycles. The van der Waals surface area contributed by atoms with Crippen molar-refractivity contribution in [1.82, 2.24) is 9.29 Å². The van der Waals surface area contributed by atoms with Gasteiger partial charge in [-0.05, 0) is 49.6 Å². The van der Waals surface area contributed by atoms with Gasteiger partial charge >= 0.3 is 5.97 Å². The second-order valence-corrected chi connectivity index (χ2v) is 10.5. The normalized spacial score (nSPS) is 15.0. The molecule has 0 spiro atoms. The van der Waals surface area contributed by atoms with Crippen LogP contribution in [0.15, 0.2) is 51.2 Å². The molecule has 9 heteroatoms. The van der Waals surface area contributed by atoms with Crippen LogP contribution in [0.4, 0.5) is 5.82 Å². The fourth-order valence-corrected chi connectivity index (χ4v) is 5.76. The molecule has 2 heterocycles. The Balaban J connectivity index is 1.73. The Bertz CT molecular complexity index is 988. The van der Waals surface area contributed by atoms with Crippen LogP contribution in [0.25, 0.3) is 0 Å². The van der Waals surface area contributed by atoms with Gasteiger partial charge in [0.1, 0.15) is 5.82 Å². The number of carbonyl (C=O) groups is 1. The fraction of sp³-hybridized carbons (Fsp3) is 0.455. The third-order valence-electron chi connectivity index (χ3n) is 5.09. The number of esters is 1. The van der Waals surface area contributed by atoms with Gasteiger partial charge in [0.25, 0.3) is 0 Å². The van der Waals surface area contributed by atoms with Crippen molar-refractivity contribution in [3.05, 3.63) is 42.1 Å². The van der Waals surface area contributed by atoms with Crippen LogP contribution in [0.5, 0.6) is 0 Å². The van der Waals surface area contributed by atoms with Gasteiger partial charge in [-0.1, -0.05) is 37.9 Å². The monoisotopic (exact) mass is 463 g/mol. The number of nitrogens with two attached hydrogens (primary N) is 1. The maximum atomic E-state index is 12.8. The Labute approximate surface area is 188 Å². The molecule has 2 aromatic rings. The first-order valence-electron chi connectivity index (χ1n) is 10.6.